The molecule has 1 atom stereocenters. The van der Waals surface area contributed by atoms with E-state index < -0.39 is 0 Å². The van der Waals surface area contributed by atoms with E-state index in [9.17, 15) is 9.59 Å². The van der Waals surface area contributed by atoms with Gasteiger partial charge in [-0.3, -0.25) is 4.79 Å². The molecule has 0 saturated carbocycles. The molecule has 1 heterocycles. The fraction of sp³-hybridized carbons (Fsp3) is 0.391. The number of rotatable bonds is 4. The third-order valence-electron chi connectivity index (χ3n) is 5.64. The molecule has 1 amide bonds. The molecular weight excluding hydrogens is 354 g/mol. The van der Waals surface area contributed by atoms with Gasteiger partial charge < -0.3 is 14.4 Å². The van der Waals surface area contributed by atoms with Crippen molar-refractivity contribution in [2.24, 2.45) is 5.92 Å². The fourth-order valence-corrected chi connectivity index (χ4v) is 4.28. The van der Waals surface area contributed by atoms with E-state index in [0.29, 0.717) is 26.3 Å². The number of likely N-dealkylation sites (tertiary alicyclic amines) is 1. The Kier molecular flexibility index (Phi) is 5.33. The lowest BCUT2D eigenvalue weighted by Gasteiger charge is -2.31. The Hall–Kier alpha value is -2.82. The van der Waals surface area contributed by atoms with Gasteiger partial charge in [0.15, 0.2) is 0 Å². The SMILES string of the molecule is CCOC(=O)[C@H]1CCCN(C(=O)OCC2c3ccccc3-c3ccccc32)C1. The normalized spacial score (nSPS) is 18.3. The Morgan fingerprint density at radius 1 is 1.00 bits per heavy atom. The number of nitrogens with zero attached hydrogens (tertiary/aromatic N) is 1. The lowest BCUT2D eigenvalue weighted by molar-refractivity contribution is -0.149. The summed E-state index contributed by atoms with van der Waals surface area (Å²) in [6, 6.07) is 16.6. The predicted molar refractivity (Wildman–Crippen MR) is 106 cm³/mol. The van der Waals surface area contributed by atoms with Gasteiger partial charge in [0, 0.05) is 19.0 Å². The minimum atomic E-state index is -0.351. The summed E-state index contributed by atoms with van der Waals surface area (Å²) in [6.45, 7) is 3.44. The number of hydrogen-bond donors (Lipinski definition) is 0. The quantitative estimate of drug-likeness (QED) is 0.747. The number of fused-ring (bicyclic) bond motifs is 3. The zero-order chi connectivity index (χ0) is 19.5. The first-order valence-corrected chi connectivity index (χ1v) is 9.95. The molecule has 28 heavy (non-hydrogen) atoms. The summed E-state index contributed by atoms with van der Waals surface area (Å²) in [5, 5.41) is 0. The number of carbonyl (C=O) groups is 2. The van der Waals surface area contributed by atoms with Crippen LogP contribution in [-0.2, 0) is 14.3 Å². The first-order valence-electron chi connectivity index (χ1n) is 9.95. The molecule has 0 aromatic heterocycles. The number of carbonyl (C=O) groups excluding carboxylic acids is 2. The number of benzene rings is 2. The lowest BCUT2D eigenvalue weighted by atomic mass is 9.98. The van der Waals surface area contributed by atoms with Crippen LogP contribution >= 0.6 is 0 Å². The number of hydrogen-bond acceptors (Lipinski definition) is 4. The van der Waals surface area contributed by atoms with E-state index in [-0.39, 0.29) is 23.9 Å². The Balaban J connectivity index is 1.43. The molecule has 5 heteroatoms. The molecule has 5 nitrogen and oxygen atoms in total. The number of piperidine rings is 1. The van der Waals surface area contributed by atoms with Crippen LogP contribution in [0.3, 0.4) is 0 Å². The van der Waals surface area contributed by atoms with E-state index >= 15 is 0 Å². The highest BCUT2D eigenvalue weighted by molar-refractivity contribution is 5.79. The van der Waals surface area contributed by atoms with Crippen molar-refractivity contribution in [3.8, 4) is 11.1 Å². The van der Waals surface area contributed by atoms with Gasteiger partial charge in [-0.2, -0.15) is 0 Å². The molecule has 0 N–H and O–H groups in total. The van der Waals surface area contributed by atoms with E-state index in [0.717, 1.165) is 12.8 Å². The Morgan fingerprint density at radius 3 is 2.29 bits per heavy atom. The highest BCUT2D eigenvalue weighted by Gasteiger charge is 2.32. The van der Waals surface area contributed by atoms with Gasteiger partial charge in [-0.25, -0.2) is 4.79 Å². The highest BCUT2D eigenvalue weighted by Crippen LogP contribution is 2.44. The minimum Gasteiger partial charge on any atom is -0.466 e. The van der Waals surface area contributed by atoms with Gasteiger partial charge in [-0.15, -0.1) is 0 Å². The second kappa shape index (κ2) is 8.05. The smallest absolute Gasteiger partial charge is 0.409 e. The van der Waals surface area contributed by atoms with Crippen LogP contribution in [0.15, 0.2) is 48.5 Å². The van der Waals surface area contributed by atoms with Crippen molar-refractivity contribution in [2.45, 2.75) is 25.7 Å². The van der Waals surface area contributed by atoms with Crippen LogP contribution in [0.2, 0.25) is 0 Å². The van der Waals surface area contributed by atoms with Crippen LogP contribution in [-0.4, -0.2) is 43.3 Å². The molecule has 1 fully saturated rings. The molecular formula is C23H25NO4. The third kappa shape index (κ3) is 3.49. The summed E-state index contributed by atoms with van der Waals surface area (Å²) in [7, 11) is 0. The van der Waals surface area contributed by atoms with Crippen LogP contribution in [0, 0.1) is 5.92 Å². The van der Waals surface area contributed by atoms with E-state index in [1.807, 2.05) is 24.3 Å². The average Bonchev–Trinajstić information content (AvgIpc) is 3.06. The van der Waals surface area contributed by atoms with E-state index in [4.69, 9.17) is 9.47 Å². The molecule has 0 radical (unpaired) electrons. The van der Waals surface area contributed by atoms with Crippen molar-refractivity contribution < 1.29 is 19.1 Å². The summed E-state index contributed by atoms with van der Waals surface area (Å²) in [5.74, 6) is -0.435. The number of esters is 1. The molecule has 2 aromatic rings. The number of amides is 1. The van der Waals surface area contributed by atoms with E-state index in [1.54, 1.807) is 11.8 Å². The zero-order valence-electron chi connectivity index (χ0n) is 16.1. The van der Waals surface area contributed by atoms with Gasteiger partial charge in [0.1, 0.15) is 6.61 Å². The first kappa shape index (κ1) is 18.5. The molecule has 0 bridgehead atoms. The van der Waals surface area contributed by atoms with Crippen molar-refractivity contribution >= 4 is 12.1 Å². The van der Waals surface area contributed by atoms with Gasteiger partial charge in [-0.1, -0.05) is 48.5 Å². The molecule has 2 aliphatic rings. The molecule has 0 unspecified atom stereocenters. The monoisotopic (exact) mass is 379 g/mol. The van der Waals surface area contributed by atoms with Gasteiger partial charge in [0.25, 0.3) is 0 Å². The first-order chi connectivity index (χ1) is 13.7. The molecule has 1 aliphatic heterocycles. The molecule has 146 valence electrons. The summed E-state index contributed by atoms with van der Waals surface area (Å²) in [4.78, 5) is 26.3. The molecule has 0 spiro atoms. The summed E-state index contributed by atoms with van der Waals surface area (Å²) in [5.41, 5.74) is 4.80. The van der Waals surface area contributed by atoms with Crippen molar-refractivity contribution in [3.63, 3.8) is 0 Å². The van der Waals surface area contributed by atoms with Crippen LogP contribution in [0.4, 0.5) is 4.79 Å². The number of ether oxygens (including phenoxy) is 2. The van der Waals surface area contributed by atoms with Gasteiger partial charge in [0.05, 0.1) is 12.5 Å². The zero-order valence-corrected chi connectivity index (χ0v) is 16.1. The summed E-state index contributed by atoms with van der Waals surface area (Å²) in [6.07, 6.45) is 1.19. The second-order valence-electron chi connectivity index (χ2n) is 7.34. The van der Waals surface area contributed by atoms with E-state index in [2.05, 4.69) is 24.3 Å². The maximum atomic E-state index is 12.7. The predicted octanol–water partition coefficient (Wildman–Crippen LogP) is 4.21. The largest absolute Gasteiger partial charge is 0.466 e. The minimum absolute atomic E-state index is 0.0435. The van der Waals surface area contributed by atoms with Crippen molar-refractivity contribution in [1.82, 2.24) is 4.90 Å². The average molecular weight is 379 g/mol. The van der Waals surface area contributed by atoms with Crippen molar-refractivity contribution in [3.05, 3.63) is 59.7 Å². The Labute approximate surface area is 165 Å². The third-order valence-corrected chi connectivity index (χ3v) is 5.64. The standard InChI is InChI=1S/C23H25NO4/c1-2-27-22(25)16-8-7-13-24(14-16)23(26)28-15-21-19-11-5-3-9-17(19)18-10-4-6-12-20(18)21/h3-6,9-12,16,21H,2,7-8,13-15H2,1H3/t16-/m0/s1. The molecule has 1 saturated heterocycles. The molecule has 2 aromatic carbocycles. The van der Waals surface area contributed by atoms with Gasteiger partial charge in [-0.05, 0) is 42.0 Å². The Morgan fingerprint density at radius 2 is 1.64 bits per heavy atom. The lowest BCUT2D eigenvalue weighted by Crippen LogP contribution is -2.43. The van der Waals surface area contributed by atoms with Gasteiger partial charge in [0.2, 0.25) is 0 Å². The van der Waals surface area contributed by atoms with E-state index in [1.165, 1.54) is 22.3 Å². The fourth-order valence-electron chi connectivity index (χ4n) is 4.28. The highest BCUT2D eigenvalue weighted by atomic mass is 16.6. The van der Waals surface area contributed by atoms with Crippen LogP contribution < -0.4 is 0 Å². The topological polar surface area (TPSA) is 55.8 Å². The van der Waals surface area contributed by atoms with Gasteiger partial charge >= 0.3 is 12.1 Å². The Bertz CT molecular complexity index is 833. The second-order valence-corrected chi connectivity index (χ2v) is 7.34. The van der Waals surface area contributed by atoms with Crippen molar-refractivity contribution in [2.75, 3.05) is 26.3 Å². The van der Waals surface area contributed by atoms with Crippen LogP contribution in [0.1, 0.15) is 36.8 Å². The summed E-state index contributed by atoms with van der Waals surface area (Å²) >= 11 is 0. The molecule has 4 rings (SSSR count). The van der Waals surface area contributed by atoms with Crippen LogP contribution in [0.5, 0.6) is 0 Å². The maximum Gasteiger partial charge on any atom is 0.409 e. The summed E-state index contributed by atoms with van der Waals surface area (Å²) < 4.78 is 10.8. The maximum absolute atomic E-state index is 12.7. The molecule has 1 aliphatic carbocycles. The van der Waals surface area contributed by atoms with Crippen LogP contribution in [0.25, 0.3) is 11.1 Å². The van der Waals surface area contributed by atoms with Crippen molar-refractivity contribution in [1.29, 1.82) is 0 Å².